The smallest absolute Gasteiger partial charge is 0.266 e. The summed E-state index contributed by atoms with van der Waals surface area (Å²) in [5.41, 5.74) is 3.58. The number of carbonyl (C=O) groups is 3. The van der Waals surface area contributed by atoms with E-state index in [2.05, 4.69) is 61.8 Å². The molecule has 1 saturated heterocycles. The van der Waals surface area contributed by atoms with Gasteiger partial charge in [0.2, 0.25) is 11.8 Å². The van der Waals surface area contributed by atoms with Gasteiger partial charge in [-0.2, -0.15) is 0 Å². The van der Waals surface area contributed by atoms with Crippen molar-refractivity contribution < 1.29 is 38.8 Å². The Bertz CT molecular complexity index is 1790. The van der Waals surface area contributed by atoms with Gasteiger partial charge in [-0.05, 0) is 54.6 Å². The Balaban J connectivity index is 1.32. The molecule has 0 bridgehead atoms. The minimum Gasteiger partial charge on any atom is -0.394 e. The first-order valence-corrected chi connectivity index (χ1v) is 26.0. The predicted molar refractivity (Wildman–Crippen MR) is 211 cm³/mol. The van der Waals surface area contributed by atoms with Crippen LogP contribution in [0.1, 0.15) is 6.42 Å². The summed E-state index contributed by atoms with van der Waals surface area (Å²) in [6, 6.07) is 14.1. The molecule has 1 unspecified atom stereocenters. The number of amides is 3. The van der Waals surface area contributed by atoms with Crippen LogP contribution in [0.2, 0.25) is 51.4 Å². The van der Waals surface area contributed by atoms with E-state index in [0.29, 0.717) is 26.7 Å². The highest BCUT2D eigenvalue weighted by molar-refractivity contribution is 6.76. The fourth-order valence-electron chi connectivity index (χ4n) is 6.29. The van der Waals surface area contributed by atoms with Crippen molar-refractivity contribution >= 4 is 33.9 Å². The first kappa shape index (κ1) is 41.2. The van der Waals surface area contributed by atoms with Crippen LogP contribution in [0.3, 0.4) is 0 Å². The van der Waals surface area contributed by atoms with Gasteiger partial charge in [0.15, 0.2) is 0 Å². The number of hydrogen-bond acceptors (Lipinski definition) is 8. The van der Waals surface area contributed by atoms with Crippen molar-refractivity contribution in [1.29, 1.82) is 0 Å². The normalized spacial score (nSPS) is 20.4. The standard InChI is InChI=1S/C39H55N5O8Si2/c1-53(2,3)20-18-50-26-42-16-8-11-30(42)32-13-14-33(31-12-9-17-43(31)27-51-19-21-54(4,5)6)44(32)24-37(47)40-15-7-10-28-22-29(39(49)41-38(28)48)35-23-34(46)36(25-45)52-35/h8-9,11-14,16-17,22,29,34-36,45-46H,15,18-21,23-27H2,1-6H3,(H,40,47)(H,41,48,49)/t29?,34-,35+,36+/m0/s1. The van der Waals surface area contributed by atoms with Gasteiger partial charge in [0.1, 0.15) is 26.1 Å². The maximum atomic E-state index is 13.6. The molecule has 4 atom stereocenters. The SMILES string of the molecule is C[Si](C)(C)CCOCn1cccc1-c1ccc(-c2cccn2COCC[Si](C)(C)C)n1CC(=O)NCC#CC1=CC([C@H]2C[C@H](O)[C@@H](CO)O2)C(=O)NC1=O. The van der Waals surface area contributed by atoms with Crippen LogP contribution in [0.15, 0.2) is 60.4 Å². The molecule has 2 aliphatic heterocycles. The van der Waals surface area contributed by atoms with Gasteiger partial charge < -0.3 is 43.4 Å². The quantitative estimate of drug-likeness (QED) is 0.0697. The zero-order chi connectivity index (χ0) is 39.0. The number of hydrogen-bond donors (Lipinski definition) is 4. The summed E-state index contributed by atoms with van der Waals surface area (Å²) in [4.78, 5) is 38.7. The van der Waals surface area contributed by atoms with Crippen LogP contribution in [0.5, 0.6) is 0 Å². The Morgan fingerprint density at radius 2 is 1.50 bits per heavy atom. The minimum absolute atomic E-state index is 0.00417. The van der Waals surface area contributed by atoms with Crippen molar-refractivity contribution in [2.45, 2.75) is 96.1 Å². The van der Waals surface area contributed by atoms with E-state index >= 15 is 0 Å². The first-order valence-electron chi connectivity index (χ1n) is 18.6. The van der Waals surface area contributed by atoms with Gasteiger partial charge in [0.05, 0.1) is 59.6 Å². The number of nitrogens with zero attached hydrogens (tertiary/aromatic N) is 3. The molecule has 1 fully saturated rings. The Kier molecular flexibility index (Phi) is 13.8. The predicted octanol–water partition coefficient (Wildman–Crippen LogP) is 3.88. The van der Waals surface area contributed by atoms with Crippen LogP contribution in [0.25, 0.3) is 22.8 Å². The van der Waals surface area contributed by atoms with Crippen molar-refractivity contribution in [3.63, 3.8) is 0 Å². The molecule has 292 valence electrons. The molecular formula is C39H55N5O8Si2. The van der Waals surface area contributed by atoms with Crippen LogP contribution >= 0.6 is 0 Å². The lowest BCUT2D eigenvalue weighted by molar-refractivity contribution is -0.134. The highest BCUT2D eigenvalue weighted by Gasteiger charge is 2.42. The average Bonchev–Trinajstić information content (AvgIpc) is 3.90. The van der Waals surface area contributed by atoms with E-state index in [1.807, 2.05) is 62.5 Å². The lowest BCUT2D eigenvalue weighted by Crippen LogP contribution is -2.44. The van der Waals surface area contributed by atoms with E-state index in [1.54, 1.807) is 0 Å². The summed E-state index contributed by atoms with van der Waals surface area (Å²) < 4.78 is 23.9. The monoisotopic (exact) mass is 777 g/mol. The molecule has 15 heteroatoms. The largest absolute Gasteiger partial charge is 0.394 e. The van der Waals surface area contributed by atoms with Gasteiger partial charge >= 0.3 is 0 Å². The first-order chi connectivity index (χ1) is 25.6. The number of rotatable bonds is 17. The summed E-state index contributed by atoms with van der Waals surface area (Å²) >= 11 is 0. The molecule has 0 saturated carbocycles. The van der Waals surface area contributed by atoms with Crippen LogP contribution in [0, 0.1) is 17.8 Å². The van der Waals surface area contributed by atoms with E-state index in [4.69, 9.17) is 14.2 Å². The highest BCUT2D eigenvalue weighted by atomic mass is 28.3. The highest BCUT2D eigenvalue weighted by Crippen LogP contribution is 2.31. The number of aliphatic hydroxyl groups is 2. The summed E-state index contributed by atoms with van der Waals surface area (Å²) in [6.07, 6.45) is 3.11. The molecular weight excluding hydrogens is 723 g/mol. The number of carbonyl (C=O) groups excluding carboxylic acids is 3. The molecule has 2 aliphatic rings. The van der Waals surface area contributed by atoms with E-state index in [0.717, 1.165) is 34.9 Å². The second-order valence-electron chi connectivity index (χ2n) is 16.3. The molecule has 3 aromatic rings. The van der Waals surface area contributed by atoms with Crippen molar-refractivity contribution in [1.82, 2.24) is 24.3 Å². The second kappa shape index (κ2) is 18.1. The third-order valence-electron chi connectivity index (χ3n) is 9.48. The van der Waals surface area contributed by atoms with Crippen molar-refractivity contribution in [3.05, 3.63) is 60.4 Å². The fourth-order valence-corrected chi connectivity index (χ4v) is 7.81. The van der Waals surface area contributed by atoms with E-state index < -0.39 is 52.2 Å². The lowest BCUT2D eigenvalue weighted by Gasteiger charge is -2.23. The summed E-state index contributed by atoms with van der Waals surface area (Å²) in [7, 11) is -2.49. The van der Waals surface area contributed by atoms with Gasteiger partial charge in [0, 0.05) is 48.2 Å². The Morgan fingerprint density at radius 3 is 2.02 bits per heavy atom. The van der Waals surface area contributed by atoms with Gasteiger partial charge in [-0.25, -0.2) is 0 Å². The number of aromatic nitrogens is 3. The molecule has 3 amide bonds. The molecule has 54 heavy (non-hydrogen) atoms. The summed E-state index contributed by atoms with van der Waals surface area (Å²) in [5, 5.41) is 24.7. The molecule has 0 spiro atoms. The molecule has 5 heterocycles. The Hall–Kier alpha value is -4.02. The summed E-state index contributed by atoms with van der Waals surface area (Å²) in [5.74, 6) is 3.27. The zero-order valence-electron chi connectivity index (χ0n) is 32.3. The van der Waals surface area contributed by atoms with Gasteiger partial charge in [-0.1, -0.05) is 51.1 Å². The fraction of sp³-hybridized carbons (Fsp3) is 0.513. The maximum Gasteiger partial charge on any atom is 0.266 e. The average molecular weight is 778 g/mol. The summed E-state index contributed by atoms with van der Waals surface area (Å²) in [6.45, 7) is 15.7. The maximum absolute atomic E-state index is 13.6. The molecule has 0 aromatic carbocycles. The third kappa shape index (κ3) is 11.0. The van der Waals surface area contributed by atoms with E-state index in [1.165, 1.54) is 6.08 Å². The van der Waals surface area contributed by atoms with E-state index in [9.17, 15) is 24.6 Å². The van der Waals surface area contributed by atoms with E-state index in [-0.39, 0.29) is 37.6 Å². The van der Waals surface area contributed by atoms with Crippen molar-refractivity contribution in [3.8, 4) is 34.6 Å². The van der Waals surface area contributed by atoms with Crippen molar-refractivity contribution in [2.75, 3.05) is 26.4 Å². The number of nitrogens with one attached hydrogen (secondary N) is 2. The number of aliphatic hydroxyl groups excluding tert-OH is 2. The molecule has 0 aliphatic carbocycles. The second-order valence-corrected chi connectivity index (χ2v) is 27.6. The topological polar surface area (TPSA) is 158 Å². The van der Waals surface area contributed by atoms with Crippen LogP contribution < -0.4 is 10.6 Å². The van der Waals surface area contributed by atoms with Gasteiger partial charge in [-0.15, -0.1) is 0 Å². The molecule has 3 aromatic heterocycles. The molecule has 0 radical (unpaired) electrons. The molecule has 4 N–H and O–H groups in total. The van der Waals surface area contributed by atoms with Crippen LogP contribution in [-0.2, 0) is 48.6 Å². The van der Waals surface area contributed by atoms with Crippen molar-refractivity contribution in [2.24, 2.45) is 5.92 Å². The minimum atomic E-state index is -1.24. The molecule has 5 rings (SSSR count). The third-order valence-corrected chi connectivity index (χ3v) is 12.9. The Labute approximate surface area is 319 Å². The van der Waals surface area contributed by atoms with Crippen LogP contribution in [-0.4, -0.2) is 102 Å². The Morgan fingerprint density at radius 1 is 0.926 bits per heavy atom. The lowest BCUT2D eigenvalue weighted by atomic mass is 9.92. The van der Waals surface area contributed by atoms with Gasteiger partial charge in [-0.3, -0.25) is 19.7 Å². The van der Waals surface area contributed by atoms with Gasteiger partial charge in [0.25, 0.3) is 5.91 Å². The number of ether oxygens (including phenoxy) is 3. The van der Waals surface area contributed by atoms with Crippen LogP contribution in [0.4, 0.5) is 0 Å². The molecule has 13 nitrogen and oxygen atoms in total. The number of imide groups is 1. The zero-order valence-corrected chi connectivity index (χ0v) is 34.3.